The van der Waals surface area contributed by atoms with Gasteiger partial charge in [-0.05, 0) is 18.7 Å². The van der Waals surface area contributed by atoms with Crippen molar-refractivity contribution < 1.29 is 14.3 Å². The second kappa shape index (κ2) is 6.99. The smallest absolute Gasteiger partial charge is 0.323 e. The first kappa shape index (κ1) is 15.3. The van der Waals surface area contributed by atoms with Gasteiger partial charge in [0.2, 0.25) is 5.91 Å². The van der Waals surface area contributed by atoms with E-state index in [9.17, 15) is 9.59 Å². The predicted octanol–water partition coefficient (Wildman–Crippen LogP) is 0.490. The van der Waals surface area contributed by atoms with E-state index in [-0.39, 0.29) is 24.0 Å². The summed E-state index contributed by atoms with van der Waals surface area (Å²) < 4.78 is 4.74. The molecular weight excluding hydrogens is 252 g/mol. The summed E-state index contributed by atoms with van der Waals surface area (Å²) in [7, 11) is 3.26. The molecule has 0 aromatic carbocycles. The molecule has 1 amide bonds. The molecule has 18 heavy (non-hydrogen) atoms. The Balaban J connectivity index is 2.37. The number of rotatable bonds is 5. The molecule has 0 aromatic heterocycles. The summed E-state index contributed by atoms with van der Waals surface area (Å²) in [4.78, 5) is 25.1. The molecule has 0 saturated carbocycles. The maximum atomic E-state index is 11.7. The zero-order valence-electron chi connectivity index (χ0n) is 11.4. The molecule has 0 aliphatic carbocycles. The minimum Gasteiger partial charge on any atom is -0.468 e. The van der Waals surface area contributed by atoms with Crippen molar-refractivity contribution in [1.82, 2.24) is 10.2 Å². The lowest BCUT2D eigenvalue weighted by molar-refractivity contribution is -0.145. The highest BCUT2D eigenvalue weighted by atomic mass is 32.2. The molecule has 2 atom stereocenters. The van der Waals surface area contributed by atoms with E-state index in [0.29, 0.717) is 24.0 Å². The second-order valence-electron chi connectivity index (χ2n) is 4.84. The summed E-state index contributed by atoms with van der Waals surface area (Å²) in [5, 5.41) is 3.41. The van der Waals surface area contributed by atoms with Gasteiger partial charge in [0.15, 0.2) is 0 Å². The molecule has 1 heterocycles. The van der Waals surface area contributed by atoms with E-state index in [1.165, 1.54) is 7.11 Å². The van der Waals surface area contributed by atoms with Gasteiger partial charge in [-0.2, -0.15) is 0 Å². The van der Waals surface area contributed by atoms with Gasteiger partial charge in [0, 0.05) is 12.6 Å². The number of methoxy groups -OCH3 is 1. The number of likely N-dealkylation sites (tertiary alicyclic amines) is 1. The van der Waals surface area contributed by atoms with Crippen molar-refractivity contribution in [2.45, 2.75) is 37.6 Å². The average molecular weight is 274 g/mol. The maximum Gasteiger partial charge on any atom is 0.323 e. The van der Waals surface area contributed by atoms with E-state index in [0.717, 1.165) is 0 Å². The summed E-state index contributed by atoms with van der Waals surface area (Å²) in [6.07, 6.45) is 0.626. The number of carbonyl (C=O) groups excluding carboxylic acids is 2. The van der Waals surface area contributed by atoms with Gasteiger partial charge < -0.3 is 10.1 Å². The van der Waals surface area contributed by atoms with Gasteiger partial charge in [-0.3, -0.25) is 14.5 Å². The number of nitrogens with zero attached hydrogens (tertiary/aromatic N) is 1. The third-order valence-corrected chi connectivity index (χ3v) is 4.03. The molecule has 1 N–H and O–H groups in total. The number of nitrogens with one attached hydrogen (secondary N) is 1. The lowest BCUT2D eigenvalue weighted by atomic mass is 10.2. The van der Waals surface area contributed by atoms with Crippen LogP contribution in [0.25, 0.3) is 0 Å². The zero-order chi connectivity index (χ0) is 13.7. The Morgan fingerprint density at radius 3 is 2.72 bits per heavy atom. The van der Waals surface area contributed by atoms with Crippen molar-refractivity contribution in [2.24, 2.45) is 0 Å². The van der Waals surface area contributed by atoms with E-state index in [1.54, 1.807) is 11.8 Å². The van der Waals surface area contributed by atoms with Crippen molar-refractivity contribution in [1.29, 1.82) is 0 Å². The van der Waals surface area contributed by atoms with Crippen LogP contribution in [0, 0.1) is 0 Å². The fourth-order valence-corrected chi connectivity index (χ4v) is 2.60. The number of ether oxygens (including phenoxy) is 1. The number of thioether (sulfide) groups is 1. The van der Waals surface area contributed by atoms with Crippen molar-refractivity contribution in [3.8, 4) is 0 Å². The summed E-state index contributed by atoms with van der Waals surface area (Å²) >= 11 is 1.62. The molecule has 1 saturated heterocycles. The third kappa shape index (κ3) is 4.49. The number of hydrogen-bond donors (Lipinski definition) is 1. The first-order valence-corrected chi connectivity index (χ1v) is 7.18. The quantitative estimate of drug-likeness (QED) is 0.739. The van der Waals surface area contributed by atoms with E-state index < -0.39 is 0 Å². The Hall–Kier alpha value is -0.750. The molecule has 0 aromatic rings. The van der Waals surface area contributed by atoms with Crippen molar-refractivity contribution in [3.05, 3.63) is 0 Å². The van der Waals surface area contributed by atoms with Gasteiger partial charge in [-0.1, -0.05) is 13.8 Å². The van der Waals surface area contributed by atoms with Crippen LogP contribution in [0.5, 0.6) is 0 Å². The van der Waals surface area contributed by atoms with Crippen LogP contribution in [0.2, 0.25) is 0 Å². The molecule has 1 aliphatic rings. The molecule has 6 heteroatoms. The van der Waals surface area contributed by atoms with Crippen LogP contribution in [0.1, 0.15) is 20.3 Å². The molecule has 0 bridgehead atoms. The minimum atomic E-state index is -0.238. The van der Waals surface area contributed by atoms with Gasteiger partial charge in [-0.25, -0.2) is 0 Å². The van der Waals surface area contributed by atoms with E-state index in [1.807, 2.05) is 11.9 Å². The lowest BCUT2D eigenvalue weighted by Crippen LogP contribution is -2.37. The molecule has 1 aliphatic heterocycles. The van der Waals surface area contributed by atoms with Crippen molar-refractivity contribution in [3.63, 3.8) is 0 Å². The Kier molecular flexibility index (Phi) is 5.95. The molecule has 0 unspecified atom stereocenters. The molecule has 104 valence electrons. The van der Waals surface area contributed by atoms with Crippen LogP contribution >= 0.6 is 11.8 Å². The SMILES string of the molecule is COC(=O)[C@@H]1C[C@@H](NC(=O)CSC(C)C)CN1C. The molecule has 5 nitrogen and oxygen atoms in total. The number of likely N-dealkylation sites (N-methyl/N-ethyl adjacent to an activating group) is 1. The predicted molar refractivity (Wildman–Crippen MR) is 72.6 cm³/mol. The normalized spacial score (nSPS) is 24.3. The number of hydrogen-bond acceptors (Lipinski definition) is 5. The Morgan fingerprint density at radius 1 is 1.50 bits per heavy atom. The number of esters is 1. The third-order valence-electron chi connectivity index (χ3n) is 2.93. The van der Waals surface area contributed by atoms with Crippen LogP contribution in [0.4, 0.5) is 0 Å². The fraction of sp³-hybridized carbons (Fsp3) is 0.833. The van der Waals surface area contributed by atoms with Crippen LogP contribution in [-0.4, -0.2) is 60.6 Å². The van der Waals surface area contributed by atoms with Crippen LogP contribution in [-0.2, 0) is 14.3 Å². The highest BCUT2D eigenvalue weighted by Crippen LogP contribution is 2.17. The van der Waals surface area contributed by atoms with Gasteiger partial charge in [0.25, 0.3) is 0 Å². The maximum absolute atomic E-state index is 11.7. The monoisotopic (exact) mass is 274 g/mol. The van der Waals surface area contributed by atoms with Crippen molar-refractivity contribution in [2.75, 3.05) is 26.5 Å². The first-order valence-electron chi connectivity index (χ1n) is 6.13. The average Bonchev–Trinajstić information content (AvgIpc) is 2.66. The largest absolute Gasteiger partial charge is 0.468 e. The van der Waals surface area contributed by atoms with Gasteiger partial charge in [0.05, 0.1) is 12.9 Å². The summed E-state index contributed by atoms with van der Waals surface area (Å²) in [6.45, 7) is 4.82. The zero-order valence-corrected chi connectivity index (χ0v) is 12.3. The van der Waals surface area contributed by atoms with Gasteiger partial charge in [-0.15, -0.1) is 11.8 Å². The highest BCUT2D eigenvalue weighted by Gasteiger charge is 2.35. The second-order valence-corrected chi connectivity index (χ2v) is 6.40. The van der Waals surface area contributed by atoms with Crippen LogP contribution < -0.4 is 5.32 Å². The first-order chi connectivity index (χ1) is 8.43. The molecule has 1 rings (SSSR count). The molecule has 0 spiro atoms. The standard InChI is InChI=1S/C12H22N2O3S/c1-8(2)18-7-11(15)13-9-5-10(12(16)17-4)14(3)6-9/h8-10H,5-7H2,1-4H3,(H,13,15)/t9-,10+/m1/s1. The molecule has 0 radical (unpaired) electrons. The van der Waals surface area contributed by atoms with Crippen LogP contribution in [0.15, 0.2) is 0 Å². The Bertz CT molecular complexity index is 310. The van der Waals surface area contributed by atoms with Crippen LogP contribution in [0.3, 0.4) is 0 Å². The number of amides is 1. The summed E-state index contributed by atoms with van der Waals surface area (Å²) in [6, 6.07) is -0.197. The summed E-state index contributed by atoms with van der Waals surface area (Å²) in [5.74, 6) is 0.282. The molecule has 1 fully saturated rings. The van der Waals surface area contributed by atoms with E-state index in [4.69, 9.17) is 4.74 Å². The van der Waals surface area contributed by atoms with E-state index >= 15 is 0 Å². The lowest BCUT2D eigenvalue weighted by Gasteiger charge is -2.15. The Morgan fingerprint density at radius 2 is 2.17 bits per heavy atom. The van der Waals surface area contributed by atoms with E-state index in [2.05, 4.69) is 19.2 Å². The van der Waals surface area contributed by atoms with Gasteiger partial charge in [0.1, 0.15) is 6.04 Å². The fourth-order valence-electron chi connectivity index (χ4n) is 2.03. The Labute approximate surface area is 113 Å². The topological polar surface area (TPSA) is 58.6 Å². The van der Waals surface area contributed by atoms with Gasteiger partial charge >= 0.3 is 5.97 Å². The minimum absolute atomic E-state index is 0.0395. The number of carbonyl (C=O) groups is 2. The summed E-state index contributed by atoms with van der Waals surface area (Å²) in [5.41, 5.74) is 0. The molecular formula is C12H22N2O3S. The highest BCUT2D eigenvalue weighted by molar-refractivity contribution is 8.00. The van der Waals surface area contributed by atoms with Crippen molar-refractivity contribution >= 4 is 23.6 Å².